The summed E-state index contributed by atoms with van der Waals surface area (Å²) in [7, 11) is 0. The van der Waals surface area contributed by atoms with E-state index in [1.54, 1.807) is 18.2 Å². The number of nitro benzene ring substituents is 1. The Morgan fingerprint density at radius 3 is 2.31 bits per heavy atom. The van der Waals surface area contributed by atoms with E-state index in [0.29, 0.717) is 5.56 Å². The Hall–Kier alpha value is -3.68. The highest BCUT2D eigenvalue weighted by Crippen LogP contribution is 2.35. The van der Waals surface area contributed by atoms with Gasteiger partial charge in [-0.1, -0.05) is 41.4 Å². The number of nitrogens with zero attached hydrogens (tertiary/aromatic N) is 4. The molecule has 0 fully saturated rings. The molecule has 26 heavy (non-hydrogen) atoms. The topological polar surface area (TPSA) is 129 Å². The van der Waals surface area contributed by atoms with E-state index in [-0.39, 0.29) is 33.0 Å². The Morgan fingerprint density at radius 2 is 1.81 bits per heavy atom. The van der Waals surface area contributed by atoms with Gasteiger partial charge in [-0.15, -0.1) is 0 Å². The monoisotopic (exact) mass is 365 g/mol. The van der Waals surface area contributed by atoms with Crippen LogP contribution in [0.1, 0.15) is 27.8 Å². The van der Waals surface area contributed by atoms with Gasteiger partial charge < -0.3 is 5.84 Å². The lowest BCUT2D eigenvalue weighted by molar-refractivity contribution is -0.385. The second-order valence-electron chi connectivity index (χ2n) is 5.27. The highest BCUT2D eigenvalue weighted by Gasteiger charge is 2.23. The first-order valence-electron chi connectivity index (χ1n) is 7.26. The van der Waals surface area contributed by atoms with Crippen LogP contribution in [0.5, 0.6) is 0 Å². The van der Waals surface area contributed by atoms with Gasteiger partial charge in [0.25, 0.3) is 5.69 Å². The molecule has 0 spiro atoms. The minimum atomic E-state index is -0.652. The molecule has 2 rings (SSSR count). The van der Waals surface area contributed by atoms with Crippen molar-refractivity contribution in [1.29, 1.82) is 10.5 Å². The number of benzene rings is 2. The lowest BCUT2D eigenvalue weighted by Crippen LogP contribution is -2.01. The summed E-state index contributed by atoms with van der Waals surface area (Å²) in [5.74, 6) is 5.25. The SMILES string of the molecule is Cc1ccc(C(Cl)=C(C=NN)c2cc(C#N)c(C#N)cc2[N+](=O)[O-])cc1. The van der Waals surface area contributed by atoms with E-state index < -0.39 is 4.92 Å². The number of hydrogen-bond acceptors (Lipinski definition) is 6. The van der Waals surface area contributed by atoms with E-state index in [9.17, 15) is 15.4 Å². The average Bonchev–Trinajstić information content (AvgIpc) is 2.65. The van der Waals surface area contributed by atoms with Gasteiger partial charge in [-0.2, -0.15) is 15.6 Å². The third-order valence-electron chi connectivity index (χ3n) is 3.61. The second-order valence-corrected chi connectivity index (χ2v) is 5.65. The van der Waals surface area contributed by atoms with Crippen LogP contribution in [0, 0.1) is 39.7 Å². The van der Waals surface area contributed by atoms with E-state index in [4.69, 9.17) is 22.7 Å². The van der Waals surface area contributed by atoms with Gasteiger partial charge in [-0.3, -0.25) is 10.1 Å². The Labute approximate surface area is 154 Å². The predicted octanol–water partition coefficient (Wildman–Crippen LogP) is 3.70. The molecule has 0 heterocycles. The van der Waals surface area contributed by atoms with Gasteiger partial charge in [0.1, 0.15) is 12.1 Å². The first-order chi connectivity index (χ1) is 12.4. The zero-order valence-corrected chi connectivity index (χ0v) is 14.4. The van der Waals surface area contributed by atoms with Crippen molar-refractivity contribution in [3.05, 3.63) is 74.3 Å². The first kappa shape index (κ1) is 18.7. The molecular formula is C18H12ClN5O2. The normalized spacial score (nSPS) is 11.5. The molecule has 8 heteroatoms. The van der Waals surface area contributed by atoms with Crippen LogP contribution in [-0.4, -0.2) is 11.1 Å². The van der Waals surface area contributed by atoms with Gasteiger partial charge in [-0.25, -0.2) is 0 Å². The lowest BCUT2D eigenvalue weighted by Gasteiger charge is -2.09. The van der Waals surface area contributed by atoms with Crippen molar-refractivity contribution in [2.24, 2.45) is 10.9 Å². The third kappa shape index (κ3) is 3.69. The van der Waals surface area contributed by atoms with Crippen LogP contribution in [0.2, 0.25) is 0 Å². The number of halogens is 1. The number of allylic oxidation sites excluding steroid dienone is 1. The molecule has 128 valence electrons. The fourth-order valence-electron chi connectivity index (χ4n) is 2.31. The zero-order valence-electron chi connectivity index (χ0n) is 13.6. The smallest absolute Gasteiger partial charge is 0.278 e. The minimum absolute atomic E-state index is 0.00982. The van der Waals surface area contributed by atoms with Crippen LogP contribution in [0.15, 0.2) is 41.5 Å². The molecule has 0 amide bonds. The summed E-state index contributed by atoms with van der Waals surface area (Å²) in [4.78, 5) is 10.8. The maximum absolute atomic E-state index is 11.5. The number of hydrogen-bond donors (Lipinski definition) is 1. The number of nitrogens with two attached hydrogens (primary N) is 1. The summed E-state index contributed by atoms with van der Waals surface area (Å²) in [6, 6.07) is 13.1. The van der Waals surface area contributed by atoms with Crippen molar-refractivity contribution >= 4 is 34.1 Å². The van der Waals surface area contributed by atoms with Gasteiger partial charge in [0.15, 0.2) is 0 Å². The molecule has 0 aromatic heterocycles. The molecule has 2 aromatic rings. The van der Waals surface area contributed by atoms with Crippen molar-refractivity contribution in [2.45, 2.75) is 6.92 Å². The summed E-state index contributed by atoms with van der Waals surface area (Å²) in [6.45, 7) is 1.91. The van der Waals surface area contributed by atoms with Gasteiger partial charge in [0.2, 0.25) is 0 Å². The largest absolute Gasteiger partial charge is 0.323 e. The van der Waals surface area contributed by atoms with Crippen molar-refractivity contribution in [1.82, 2.24) is 0 Å². The summed E-state index contributed by atoms with van der Waals surface area (Å²) < 4.78 is 0. The number of aryl methyl sites for hydroxylation is 1. The van der Waals surface area contributed by atoms with E-state index in [1.807, 2.05) is 25.1 Å². The van der Waals surface area contributed by atoms with Crippen molar-refractivity contribution in [2.75, 3.05) is 0 Å². The third-order valence-corrected chi connectivity index (χ3v) is 4.03. The Morgan fingerprint density at radius 1 is 1.23 bits per heavy atom. The van der Waals surface area contributed by atoms with Crippen LogP contribution in [0.25, 0.3) is 10.6 Å². The molecular weight excluding hydrogens is 354 g/mol. The molecule has 0 saturated heterocycles. The van der Waals surface area contributed by atoms with Crippen LogP contribution >= 0.6 is 11.6 Å². The summed E-state index contributed by atoms with van der Waals surface area (Å²) in [5.41, 5.74) is 1.35. The standard InChI is InChI=1S/C18H12ClN5O2/c1-11-2-4-12(5-3-11)18(19)16(10-23-22)15-6-13(8-20)14(9-21)7-17(15)24(25)26/h2-7,10H,22H2,1H3. The van der Waals surface area contributed by atoms with E-state index in [0.717, 1.165) is 11.6 Å². The molecule has 0 radical (unpaired) electrons. The molecule has 0 atom stereocenters. The van der Waals surface area contributed by atoms with Crippen LogP contribution in [-0.2, 0) is 0 Å². The van der Waals surface area contributed by atoms with E-state index >= 15 is 0 Å². The maximum Gasteiger partial charge on any atom is 0.278 e. The second kappa shape index (κ2) is 7.93. The lowest BCUT2D eigenvalue weighted by atomic mass is 9.96. The average molecular weight is 366 g/mol. The van der Waals surface area contributed by atoms with Crippen molar-refractivity contribution in [3.8, 4) is 12.1 Å². The molecule has 0 aliphatic carbocycles. The zero-order chi connectivity index (χ0) is 19.3. The van der Waals surface area contributed by atoms with Crippen molar-refractivity contribution < 1.29 is 4.92 Å². The minimum Gasteiger partial charge on any atom is -0.323 e. The molecule has 0 aliphatic heterocycles. The molecule has 2 aromatic carbocycles. The van der Waals surface area contributed by atoms with Gasteiger partial charge in [-0.05, 0) is 18.6 Å². The van der Waals surface area contributed by atoms with Gasteiger partial charge in [0.05, 0.1) is 32.9 Å². The molecule has 7 nitrogen and oxygen atoms in total. The predicted molar refractivity (Wildman–Crippen MR) is 99.1 cm³/mol. The van der Waals surface area contributed by atoms with Gasteiger partial charge in [0, 0.05) is 11.6 Å². The fourth-order valence-corrected chi connectivity index (χ4v) is 2.59. The number of nitriles is 2. The summed E-state index contributed by atoms with van der Waals surface area (Å²) in [5, 5.41) is 33.4. The van der Waals surface area contributed by atoms with E-state index in [2.05, 4.69) is 5.10 Å². The highest BCUT2D eigenvalue weighted by atomic mass is 35.5. The summed E-state index contributed by atoms with van der Waals surface area (Å²) in [6.07, 6.45) is 1.18. The summed E-state index contributed by atoms with van der Waals surface area (Å²) >= 11 is 6.45. The molecule has 0 saturated carbocycles. The van der Waals surface area contributed by atoms with Crippen LogP contribution in [0.4, 0.5) is 5.69 Å². The van der Waals surface area contributed by atoms with Crippen LogP contribution < -0.4 is 5.84 Å². The highest BCUT2D eigenvalue weighted by molar-refractivity contribution is 6.56. The molecule has 0 aliphatic rings. The van der Waals surface area contributed by atoms with Gasteiger partial charge >= 0.3 is 0 Å². The maximum atomic E-state index is 11.5. The molecule has 0 bridgehead atoms. The number of rotatable bonds is 4. The Balaban J connectivity index is 2.85. The molecule has 0 unspecified atom stereocenters. The quantitative estimate of drug-likeness (QED) is 0.290. The first-order valence-corrected chi connectivity index (χ1v) is 7.63. The van der Waals surface area contributed by atoms with Crippen LogP contribution in [0.3, 0.4) is 0 Å². The molecule has 2 N–H and O–H groups in total. The van der Waals surface area contributed by atoms with Crippen molar-refractivity contribution in [3.63, 3.8) is 0 Å². The Bertz CT molecular complexity index is 1010. The number of nitro groups is 1. The number of hydrazone groups is 1. The Kier molecular flexibility index (Phi) is 5.69. The van der Waals surface area contributed by atoms with E-state index in [1.165, 1.54) is 12.3 Å². The fraction of sp³-hybridized carbons (Fsp3) is 0.0556.